The number of ether oxygens (including phenoxy) is 1. The van der Waals surface area contributed by atoms with E-state index in [0.717, 1.165) is 24.3 Å². The number of fused-ring (bicyclic) bond motifs is 1. The van der Waals surface area contributed by atoms with Crippen LogP contribution in [0.25, 0.3) is 0 Å². The van der Waals surface area contributed by atoms with Crippen molar-refractivity contribution >= 4 is 11.9 Å². The van der Waals surface area contributed by atoms with Gasteiger partial charge >= 0.3 is 0 Å². The van der Waals surface area contributed by atoms with Crippen LogP contribution < -0.4 is 10.5 Å². The monoisotopic (exact) mass is 368 g/mol. The summed E-state index contributed by atoms with van der Waals surface area (Å²) in [6.07, 6.45) is 0.601. The Morgan fingerprint density at radius 1 is 1.19 bits per heavy atom. The topological polar surface area (TPSA) is 78.5 Å². The maximum Gasteiger partial charge on any atom is 0.257 e. The molecule has 1 saturated heterocycles. The smallest absolute Gasteiger partial charge is 0.257 e. The summed E-state index contributed by atoms with van der Waals surface area (Å²) < 4.78 is 5.36. The number of morpholine rings is 1. The van der Waals surface area contributed by atoms with Gasteiger partial charge in [-0.25, -0.2) is 4.98 Å². The zero-order chi connectivity index (χ0) is 18.8. The van der Waals surface area contributed by atoms with E-state index in [-0.39, 0.29) is 17.4 Å². The highest BCUT2D eigenvalue weighted by Crippen LogP contribution is 2.22. The molecule has 0 saturated carbocycles. The lowest BCUT2D eigenvalue weighted by Crippen LogP contribution is -2.43. The Kier molecular flexibility index (Phi) is 4.94. The second-order valence-electron chi connectivity index (χ2n) is 7.06. The summed E-state index contributed by atoms with van der Waals surface area (Å²) in [6, 6.07) is 9.74. The summed E-state index contributed by atoms with van der Waals surface area (Å²) in [6.45, 7) is 5.54. The van der Waals surface area contributed by atoms with E-state index in [4.69, 9.17) is 4.74 Å². The predicted octanol–water partition coefficient (Wildman–Crippen LogP) is 1.29. The van der Waals surface area contributed by atoms with Crippen molar-refractivity contribution in [2.24, 2.45) is 0 Å². The van der Waals surface area contributed by atoms with Crippen LogP contribution in [-0.2, 0) is 22.5 Å². The molecule has 2 aliphatic heterocycles. The Morgan fingerprint density at radius 2 is 1.93 bits per heavy atom. The van der Waals surface area contributed by atoms with E-state index in [9.17, 15) is 9.59 Å². The molecule has 142 valence electrons. The molecular weight excluding hydrogens is 344 g/mol. The van der Waals surface area contributed by atoms with Gasteiger partial charge in [0, 0.05) is 26.1 Å². The van der Waals surface area contributed by atoms with Crippen LogP contribution in [0.3, 0.4) is 0 Å². The fourth-order valence-corrected chi connectivity index (χ4v) is 3.68. The SMILES string of the molecule is C[C@H](C(=O)N1CCc2nc(N3CCOCC3)[nH]c(=O)c2C1)c1ccccc1. The fraction of sp³-hybridized carbons (Fsp3) is 0.450. The fourth-order valence-electron chi connectivity index (χ4n) is 3.68. The van der Waals surface area contributed by atoms with Gasteiger partial charge < -0.3 is 14.5 Å². The number of H-pyrrole nitrogens is 1. The molecule has 3 heterocycles. The number of hydrogen-bond acceptors (Lipinski definition) is 5. The quantitative estimate of drug-likeness (QED) is 0.883. The number of hydrogen-bond donors (Lipinski definition) is 1. The van der Waals surface area contributed by atoms with Crippen LogP contribution in [-0.4, -0.2) is 53.6 Å². The average molecular weight is 368 g/mol. The van der Waals surface area contributed by atoms with Gasteiger partial charge in [-0.05, 0) is 12.5 Å². The highest BCUT2D eigenvalue weighted by atomic mass is 16.5. The number of anilines is 1. The molecule has 1 aromatic carbocycles. The summed E-state index contributed by atoms with van der Waals surface area (Å²) in [4.78, 5) is 36.9. The normalized spacial score (nSPS) is 18.1. The Morgan fingerprint density at radius 3 is 2.67 bits per heavy atom. The van der Waals surface area contributed by atoms with Crippen molar-refractivity contribution in [2.75, 3.05) is 37.7 Å². The van der Waals surface area contributed by atoms with Crippen LogP contribution in [0.5, 0.6) is 0 Å². The van der Waals surface area contributed by atoms with Crippen LogP contribution in [0.4, 0.5) is 5.95 Å². The molecule has 27 heavy (non-hydrogen) atoms. The van der Waals surface area contributed by atoms with E-state index in [1.165, 1.54) is 0 Å². The molecule has 0 aliphatic carbocycles. The van der Waals surface area contributed by atoms with Gasteiger partial charge in [0.2, 0.25) is 11.9 Å². The van der Waals surface area contributed by atoms with Crippen molar-refractivity contribution in [2.45, 2.75) is 25.8 Å². The third-order valence-electron chi connectivity index (χ3n) is 5.35. The zero-order valence-electron chi connectivity index (χ0n) is 15.5. The van der Waals surface area contributed by atoms with Gasteiger partial charge in [-0.15, -0.1) is 0 Å². The van der Waals surface area contributed by atoms with Crippen molar-refractivity contribution < 1.29 is 9.53 Å². The van der Waals surface area contributed by atoms with Crippen LogP contribution in [0, 0.1) is 0 Å². The number of carbonyl (C=O) groups is 1. The van der Waals surface area contributed by atoms with Gasteiger partial charge in [0.05, 0.1) is 36.9 Å². The largest absolute Gasteiger partial charge is 0.378 e. The lowest BCUT2D eigenvalue weighted by atomic mass is 9.98. The van der Waals surface area contributed by atoms with Crippen LogP contribution in [0.1, 0.15) is 29.7 Å². The number of carbonyl (C=O) groups excluding carboxylic acids is 1. The number of nitrogens with zero attached hydrogens (tertiary/aromatic N) is 3. The van der Waals surface area contributed by atoms with Gasteiger partial charge in [-0.3, -0.25) is 14.6 Å². The minimum Gasteiger partial charge on any atom is -0.378 e. The second-order valence-corrected chi connectivity index (χ2v) is 7.06. The van der Waals surface area contributed by atoms with Crippen molar-refractivity contribution in [3.63, 3.8) is 0 Å². The van der Waals surface area contributed by atoms with E-state index in [0.29, 0.717) is 44.2 Å². The molecule has 1 atom stereocenters. The highest BCUT2D eigenvalue weighted by molar-refractivity contribution is 5.83. The van der Waals surface area contributed by atoms with E-state index in [1.54, 1.807) is 4.90 Å². The van der Waals surface area contributed by atoms with E-state index in [1.807, 2.05) is 42.2 Å². The molecular formula is C20H24N4O3. The second kappa shape index (κ2) is 7.52. The summed E-state index contributed by atoms with van der Waals surface area (Å²) in [5.41, 5.74) is 2.25. The summed E-state index contributed by atoms with van der Waals surface area (Å²) in [7, 11) is 0. The number of nitrogens with one attached hydrogen (secondary N) is 1. The van der Waals surface area contributed by atoms with Crippen LogP contribution in [0.2, 0.25) is 0 Å². The standard InChI is InChI=1S/C20H24N4O3/c1-14(15-5-3-2-4-6-15)19(26)24-8-7-17-16(13-24)18(25)22-20(21-17)23-9-11-27-12-10-23/h2-6,14H,7-13H2,1H3,(H,21,22,25)/t14-/m0/s1. The molecule has 2 aromatic rings. The maximum atomic E-state index is 12.9. The van der Waals surface area contributed by atoms with Gasteiger partial charge in [0.1, 0.15) is 0 Å². The van der Waals surface area contributed by atoms with Crippen molar-refractivity contribution in [1.29, 1.82) is 0 Å². The first-order valence-electron chi connectivity index (χ1n) is 9.42. The first kappa shape index (κ1) is 17.7. The zero-order valence-corrected chi connectivity index (χ0v) is 15.5. The number of amides is 1. The highest BCUT2D eigenvalue weighted by Gasteiger charge is 2.28. The molecule has 4 rings (SSSR count). The molecule has 1 amide bonds. The van der Waals surface area contributed by atoms with Crippen LogP contribution in [0.15, 0.2) is 35.1 Å². The first-order chi connectivity index (χ1) is 13.1. The third-order valence-corrected chi connectivity index (χ3v) is 5.35. The van der Waals surface area contributed by atoms with Crippen molar-refractivity contribution in [3.8, 4) is 0 Å². The Labute approximate surface area is 158 Å². The summed E-state index contributed by atoms with van der Waals surface area (Å²) >= 11 is 0. The maximum absolute atomic E-state index is 12.9. The van der Waals surface area contributed by atoms with Crippen LogP contribution >= 0.6 is 0 Å². The summed E-state index contributed by atoms with van der Waals surface area (Å²) in [5, 5.41) is 0. The molecule has 7 heteroatoms. The average Bonchev–Trinajstić information content (AvgIpc) is 2.73. The number of rotatable bonds is 3. The number of aromatic nitrogens is 2. The minimum atomic E-state index is -0.229. The first-order valence-corrected chi connectivity index (χ1v) is 9.42. The van der Waals surface area contributed by atoms with E-state index < -0.39 is 0 Å². The Balaban J connectivity index is 1.53. The summed E-state index contributed by atoms with van der Waals surface area (Å²) in [5.74, 6) is 0.426. The molecule has 0 spiro atoms. The molecule has 0 bridgehead atoms. The third kappa shape index (κ3) is 3.60. The van der Waals surface area contributed by atoms with Gasteiger partial charge in [0.15, 0.2) is 0 Å². The lowest BCUT2D eigenvalue weighted by molar-refractivity contribution is -0.133. The van der Waals surface area contributed by atoms with Gasteiger partial charge in [0.25, 0.3) is 5.56 Å². The molecule has 2 aliphatic rings. The van der Waals surface area contributed by atoms with E-state index in [2.05, 4.69) is 9.97 Å². The minimum absolute atomic E-state index is 0.0449. The molecule has 1 N–H and O–H groups in total. The van der Waals surface area contributed by atoms with Crippen molar-refractivity contribution in [3.05, 3.63) is 57.5 Å². The van der Waals surface area contributed by atoms with Gasteiger partial charge in [-0.2, -0.15) is 0 Å². The van der Waals surface area contributed by atoms with Gasteiger partial charge in [-0.1, -0.05) is 30.3 Å². The molecule has 0 radical (unpaired) electrons. The Hall–Kier alpha value is -2.67. The molecule has 0 unspecified atom stereocenters. The number of benzene rings is 1. The molecule has 1 aromatic heterocycles. The Bertz CT molecular complexity index is 875. The molecule has 1 fully saturated rings. The number of aromatic amines is 1. The predicted molar refractivity (Wildman–Crippen MR) is 102 cm³/mol. The molecule has 7 nitrogen and oxygen atoms in total. The lowest BCUT2D eigenvalue weighted by Gasteiger charge is -2.32. The van der Waals surface area contributed by atoms with E-state index >= 15 is 0 Å². The van der Waals surface area contributed by atoms with Crippen molar-refractivity contribution in [1.82, 2.24) is 14.9 Å².